The number of aliphatic hydroxyl groups is 1. The standard InChI is InChI=1S/C21H21FN4O4S/c22-19-9-14(5-6-17(19)15-10-24-21(23)25-11-15)18-3-1-2-4-20(18)31(28,29)26-7-8-30-16(12-26)13-27/h1-6,9-11,16,27H,7-8,12-13H2,(H2,23,24,25). The monoisotopic (exact) mass is 444 g/mol. The molecule has 3 aromatic rings. The molecule has 0 bridgehead atoms. The first-order valence-electron chi connectivity index (χ1n) is 9.59. The van der Waals surface area contributed by atoms with Gasteiger partial charge in [-0.25, -0.2) is 22.8 Å². The van der Waals surface area contributed by atoms with E-state index < -0.39 is 21.9 Å². The molecule has 2 aromatic carbocycles. The van der Waals surface area contributed by atoms with Crippen LogP contribution in [0.15, 0.2) is 59.8 Å². The maximum Gasteiger partial charge on any atom is 0.243 e. The minimum Gasteiger partial charge on any atom is -0.394 e. The van der Waals surface area contributed by atoms with Gasteiger partial charge in [0, 0.05) is 42.2 Å². The molecule has 3 N–H and O–H groups in total. The van der Waals surface area contributed by atoms with E-state index in [1.807, 2.05) is 0 Å². The third kappa shape index (κ3) is 4.28. The van der Waals surface area contributed by atoms with Gasteiger partial charge in [0.1, 0.15) is 5.82 Å². The van der Waals surface area contributed by atoms with Gasteiger partial charge in [0.05, 0.1) is 24.2 Å². The van der Waals surface area contributed by atoms with Crippen LogP contribution < -0.4 is 5.73 Å². The molecule has 31 heavy (non-hydrogen) atoms. The van der Waals surface area contributed by atoms with Crippen molar-refractivity contribution in [2.24, 2.45) is 0 Å². The van der Waals surface area contributed by atoms with Gasteiger partial charge in [-0.3, -0.25) is 0 Å². The Morgan fingerprint density at radius 2 is 1.87 bits per heavy atom. The number of halogens is 1. The Morgan fingerprint density at radius 3 is 2.58 bits per heavy atom. The van der Waals surface area contributed by atoms with E-state index in [9.17, 15) is 17.9 Å². The lowest BCUT2D eigenvalue weighted by molar-refractivity contribution is -0.0304. The van der Waals surface area contributed by atoms with Crippen LogP contribution in [-0.4, -0.2) is 60.2 Å². The Bertz CT molecular complexity index is 1190. The zero-order valence-corrected chi connectivity index (χ0v) is 17.3. The fourth-order valence-corrected chi connectivity index (χ4v) is 5.15. The van der Waals surface area contributed by atoms with Crippen molar-refractivity contribution < 1.29 is 22.7 Å². The van der Waals surface area contributed by atoms with Crippen LogP contribution in [0.3, 0.4) is 0 Å². The zero-order valence-electron chi connectivity index (χ0n) is 16.5. The quantitative estimate of drug-likeness (QED) is 0.617. The summed E-state index contributed by atoms with van der Waals surface area (Å²) in [6.45, 7) is 0.157. The van der Waals surface area contributed by atoms with Gasteiger partial charge in [-0.15, -0.1) is 0 Å². The molecule has 10 heteroatoms. The summed E-state index contributed by atoms with van der Waals surface area (Å²) in [5.74, 6) is -0.448. The van der Waals surface area contributed by atoms with Gasteiger partial charge in [-0.1, -0.05) is 30.3 Å². The molecule has 1 unspecified atom stereocenters. The van der Waals surface area contributed by atoms with Crippen LogP contribution in [0.4, 0.5) is 10.3 Å². The Kier molecular flexibility index (Phi) is 5.96. The van der Waals surface area contributed by atoms with E-state index in [-0.39, 0.29) is 42.7 Å². The van der Waals surface area contributed by atoms with Crippen molar-refractivity contribution >= 4 is 16.0 Å². The summed E-state index contributed by atoms with van der Waals surface area (Å²) >= 11 is 0. The molecule has 162 valence electrons. The molecule has 1 atom stereocenters. The van der Waals surface area contributed by atoms with Crippen LogP contribution in [0.25, 0.3) is 22.3 Å². The number of anilines is 1. The van der Waals surface area contributed by atoms with Gasteiger partial charge >= 0.3 is 0 Å². The second-order valence-corrected chi connectivity index (χ2v) is 8.97. The number of nitrogens with two attached hydrogens (primary N) is 1. The summed E-state index contributed by atoms with van der Waals surface area (Å²) in [4.78, 5) is 7.82. The number of aliphatic hydroxyl groups excluding tert-OH is 1. The number of aromatic nitrogens is 2. The summed E-state index contributed by atoms with van der Waals surface area (Å²) in [6.07, 6.45) is 2.28. The Morgan fingerprint density at radius 1 is 1.13 bits per heavy atom. The van der Waals surface area contributed by atoms with Crippen LogP contribution in [0, 0.1) is 5.82 Å². The first-order chi connectivity index (χ1) is 14.9. The summed E-state index contributed by atoms with van der Waals surface area (Å²) in [7, 11) is -3.88. The summed E-state index contributed by atoms with van der Waals surface area (Å²) in [5.41, 5.74) is 7.03. The number of morpholine rings is 1. The number of ether oxygens (including phenoxy) is 1. The predicted molar refractivity (Wildman–Crippen MR) is 113 cm³/mol. The van der Waals surface area contributed by atoms with E-state index in [4.69, 9.17) is 10.5 Å². The lowest BCUT2D eigenvalue weighted by Crippen LogP contribution is -2.46. The van der Waals surface area contributed by atoms with Gasteiger partial charge in [0.25, 0.3) is 0 Å². The molecule has 1 aromatic heterocycles. The van der Waals surface area contributed by atoms with Crippen molar-refractivity contribution in [2.75, 3.05) is 32.0 Å². The van der Waals surface area contributed by atoms with E-state index in [2.05, 4.69) is 9.97 Å². The molecule has 1 fully saturated rings. The van der Waals surface area contributed by atoms with Crippen LogP contribution in [0.2, 0.25) is 0 Å². The Labute approximate surface area is 179 Å². The predicted octanol–water partition coefficient (Wildman–Crippen LogP) is 1.91. The van der Waals surface area contributed by atoms with Crippen molar-refractivity contribution in [3.8, 4) is 22.3 Å². The number of nitrogen functional groups attached to an aromatic ring is 1. The van der Waals surface area contributed by atoms with Crippen LogP contribution in [0.5, 0.6) is 0 Å². The Balaban J connectivity index is 1.72. The molecule has 2 heterocycles. The molecule has 0 aliphatic carbocycles. The van der Waals surface area contributed by atoms with Crippen molar-refractivity contribution in [3.05, 3.63) is 60.7 Å². The normalized spacial score (nSPS) is 17.5. The van der Waals surface area contributed by atoms with Crippen LogP contribution >= 0.6 is 0 Å². The molecule has 1 aliphatic heterocycles. The number of benzene rings is 2. The molecule has 0 amide bonds. The largest absolute Gasteiger partial charge is 0.394 e. The molecule has 8 nitrogen and oxygen atoms in total. The highest BCUT2D eigenvalue weighted by atomic mass is 32.2. The van der Waals surface area contributed by atoms with Gasteiger partial charge in [-0.2, -0.15) is 4.31 Å². The second-order valence-electron chi connectivity index (χ2n) is 7.06. The average Bonchev–Trinajstić information content (AvgIpc) is 2.80. The zero-order chi connectivity index (χ0) is 22.0. The smallest absolute Gasteiger partial charge is 0.243 e. The van der Waals surface area contributed by atoms with E-state index in [1.54, 1.807) is 30.3 Å². The summed E-state index contributed by atoms with van der Waals surface area (Å²) < 4.78 is 48.2. The fraction of sp³-hybridized carbons (Fsp3) is 0.238. The van der Waals surface area contributed by atoms with E-state index in [1.165, 1.54) is 28.8 Å². The van der Waals surface area contributed by atoms with Crippen molar-refractivity contribution in [1.82, 2.24) is 14.3 Å². The maximum atomic E-state index is 14.9. The highest BCUT2D eigenvalue weighted by Crippen LogP contribution is 2.33. The van der Waals surface area contributed by atoms with Crippen LogP contribution in [-0.2, 0) is 14.8 Å². The molecule has 0 saturated carbocycles. The summed E-state index contributed by atoms with van der Waals surface area (Å²) in [6, 6.07) is 10.9. The van der Waals surface area contributed by atoms with Crippen molar-refractivity contribution in [2.45, 2.75) is 11.0 Å². The number of nitrogens with zero attached hydrogens (tertiary/aromatic N) is 3. The van der Waals surface area contributed by atoms with Gasteiger partial charge in [-0.05, 0) is 17.7 Å². The molecule has 1 aliphatic rings. The van der Waals surface area contributed by atoms with Crippen LogP contribution in [0.1, 0.15) is 0 Å². The first-order valence-corrected chi connectivity index (χ1v) is 11.0. The Hall–Kier alpha value is -2.92. The minimum atomic E-state index is -3.88. The van der Waals surface area contributed by atoms with E-state index in [0.29, 0.717) is 16.7 Å². The number of rotatable bonds is 5. The maximum absolute atomic E-state index is 14.9. The van der Waals surface area contributed by atoms with Gasteiger partial charge in [0.2, 0.25) is 16.0 Å². The van der Waals surface area contributed by atoms with Crippen molar-refractivity contribution in [3.63, 3.8) is 0 Å². The lowest BCUT2D eigenvalue weighted by Gasteiger charge is -2.31. The second kappa shape index (κ2) is 8.67. The molecular weight excluding hydrogens is 423 g/mol. The number of hydrogen-bond donors (Lipinski definition) is 2. The fourth-order valence-electron chi connectivity index (χ4n) is 3.48. The SMILES string of the molecule is Nc1ncc(-c2ccc(-c3ccccc3S(=O)(=O)N3CCOC(CO)C3)cc2F)cn1. The average molecular weight is 444 g/mol. The molecule has 0 radical (unpaired) electrons. The summed E-state index contributed by atoms with van der Waals surface area (Å²) in [5, 5.41) is 9.34. The highest BCUT2D eigenvalue weighted by molar-refractivity contribution is 7.89. The first kappa shape index (κ1) is 21.3. The highest BCUT2D eigenvalue weighted by Gasteiger charge is 2.32. The molecule has 0 spiro atoms. The van der Waals surface area contributed by atoms with E-state index >= 15 is 0 Å². The van der Waals surface area contributed by atoms with Gasteiger partial charge in [0.15, 0.2) is 0 Å². The van der Waals surface area contributed by atoms with E-state index in [0.717, 1.165) is 0 Å². The topological polar surface area (TPSA) is 119 Å². The third-order valence-electron chi connectivity index (χ3n) is 5.07. The molecule has 1 saturated heterocycles. The molecule has 4 rings (SSSR count). The lowest BCUT2D eigenvalue weighted by atomic mass is 10.0. The number of hydrogen-bond acceptors (Lipinski definition) is 7. The third-order valence-corrected chi connectivity index (χ3v) is 7.00. The van der Waals surface area contributed by atoms with Gasteiger partial charge < -0.3 is 15.6 Å². The van der Waals surface area contributed by atoms with Crippen molar-refractivity contribution in [1.29, 1.82) is 0 Å². The minimum absolute atomic E-state index is 0.0532. The number of sulfonamides is 1. The molecular formula is C21H21FN4O4S.